The molecule has 5 nitrogen and oxygen atoms in total. The Morgan fingerprint density at radius 1 is 1.07 bits per heavy atom. The molecule has 0 fully saturated rings. The van der Waals surface area contributed by atoms with Gasteiger partial charge in [-0.15, -0.1) is 0 Å². The van der Waals surface area contributed by atoms with E-state index in [-0.39, 0.29) is 36.5 Å². The Morgan fingerprint density at radius 2 is 1.81 bits per heavy atom. The molecule has 2 aromatic rings. The van der Waals surface area contributed by atoms with Crippen molar-refractivity contribution in [2.24, 2.45) is 0 Å². The highest BCUT2D eigenvalue weighted by Gasteiger charge is 2.17. The lowest BCUT2D eigenvalue weighted by Gasteiger charge is -2.18. The molecule has 27 heavy (non-hydrogen) atoms. The van der Waals surface area contributed by atoms with E-state index in [1.165, 1.54) is 26.4 Å². The van der Waals surface area contributed by atoms with Gasteiger partial charge in [0.25, 0.3) is 0 Å². The number of hydrogen-bond acceptors (Lipinski definition) is 4. The molecule has 0 aromatic heterocycles. The van der Waals surface area contributed by atoms with Crippen molar-refractivity contribution in [3.05, 3.63) is 65.5 Å². The zero-order valence-electron chi connectivity index (χ0n) is 15.5. The molecule has 0 spiro atoms. The Hall–Kier alpha value is -2.89. The quantitative estimate of drug-likeness (QED) is 0.686. The summed E-state index contributed by atoms with van der Waals surface area (Å²) < 4.78 is 23.3. The van der Waals surface area contributed by atoms with Crippen LogP contribution in [0, 0.1) is 5.82 Å². The maximum absolute atomic E-state index is 13.7. The van der Waals surface area contributed by atoms with Crippen LogP contribution in [0.2, 0.25) is 0 Å². The molecule has 2 aromatic carbocycles. The van der Waals surface area contributed by atoms with Crippen LogP contribution in [0.3, 0.4) is 0 Å². The van der Waals surface area contributed by atoms with Crippen LogP contribution in [-0.4, -0.2) is 32.1 Å². The number of aryl methyl sites for hydroxylation is 1. The van der Waals surface area contributed by atoms with E-state index in [0.29, 0.717) is 18.4 Å². The molecule has 0 aliphatic rings. The van der Waals surface area contributed by atoms with Crippen molar-refractivity contribution in [1.82, 2.24) is 5.32 Å². The minimum Gasteiger partial charge on any atom is -0.494 e. The molecule has 0 aliphatic carbocycles. The second-order valence-electron chi connectivity index (χ2n) is 6.20. The zero-order chi connectivity index (χ0) is 19.6. The highest BCUT2D eigenvalue weighted by molar-refractivity contribution is 5.78. The minimum absolute atomic E-state index is 0.0916. The van der Waals surface area contributed by atoms with Gasteiger partial charge in [-0.3, -0.25) is 9.59 Å². The normalized spacial score (nSPS) is 11.5. The van der Waals surface area contributed by atoms with Gasteiger partial charge in [-0.25, -0.2) is 4.39 Å². The number of carbonyl (C=O) groups excluding carboxylic acids is 2. The summed E-state index contributed by atoms with van der Waals surface area (Å²) >= 11 is 0. The van der Waals surface area contributed by atoms with Crippen molar-refractivity contribution in [2.75, 3.05) is 14.2 Å². The molecule has 0 bridgehead atoms. The molecular weight excluding hydrogens is 349 g/mol. The van der Waals surface area contributed by atoms with E-state index >= 15 is 0 Å². The first kappa shape index (κ1) is 20.4. The summed E-state index contributed by atoms with van der Waals surface area (Å²) in [5.41, 5.74) is 1.72. The van der Waals surface area contributed by atoms with Crippen LogP contribution < -0.4 is 10.1 Å². The number of hydrogen-bond donors (Lipinski definition) is 1. The lowest BCUT2D eigenvalue weighted by atomic mass is 10.0. The molecule has 0 unspecified atom stereocenters. The fourth-order valence-corrected chi connectivity index (χ4v) is 2.78. The second-order valence-corrected chi connectivity index (χ2v) is 6.20. The molecule has 1 N–H and O–H groups in total. The van der Waals surface area contributed by atoms with Gasteiger partial charge in [0.2, 0.25) is 5.91 Å². The largest absolute Gasteiger partial charge is 0.494 e. The molecule has 0 heterocycles. The standard InChI is InChI=1S/C21H24FNO4/c1-26-19-10-8-16(13-18(19)22)9-11-20(24)23-17(14-21(25)27-2)12-15-6-4-3-5-7-15/h3-8,10,13,17H,9,11-12,14H2,1-2H3,(H,23,24)/t17-/m0/s1. The SMILES string of the molecule is COC(=O)C[C@H](Cc1ccccc1)NC(=O)CCc1ccc(OC)c(F)c1. The molecule has 2 rings (SSSR count). The number of benzene rings is 2. The Balaban J connectivity index is 1.93. The Bertz CT molecular complexity index is 764. The van der Waals surface area contributed by atoms with Crippen molar-refractivity contribution >= 4 is 11.9 Å². The zero-order valence-corrected chi connectivity index (χ0v) is 15.5. The molecule has 0 radical (unpaired) electrons. The lowest BCUT2D eigenvalue weighted by molar-refractivity contribution is -0.141. The summed E-state index contributed by atoms with van der Waals surface area (Å²) in [6, 6.07) is 13.9. The summed E-state index contributed by atoms with van der Waals surface area (Å²) in [5, 5.41) is 2.88. The van der Waals surface area contributed by atoms with Gasteiger partial charge in [-0.2, -0.15) is 0 Å². The van der Waals surface area contributed by atoms with Crippen molar-refractivity contribution in [3.8, 4) is 5.75 Å². The summed E-state index contributed by atoms with van der Waals surface area (Å²) in [6.45, 7) is 0. The van der Waals surface area contributed by atoms with E-state index in [2.05, 4.69) is 5.32 Å². The Labute approximate surface area is 158 Å². The van der Waals surface area contributed by atoms with E-state index in [1.807, 2.05) is 30.3 Å². The highest BCUT2D eigenvalue weighted by Crippen LogP contribution is 2.18. The summed E-state index contributed by atoms with van der Waals surface area (Å²) in [6.07, 6.45) is 1.20. The molecule has 0 saturated heterocycles. The summed E-state index contributed by atoms with van der Waals surface area (Å²) in [5.74, 6) is -0.864. The van der Waals surface area contributed by atoms with Crippen LogP contribution in [0.5, 0.6) is 5.75 Å². The van der Waals surface area contributed by atoms with Crippen LogP contribution in [0.25, 0.3) is 0 Å². The summed E-state index contributed by atoms with van der Waals surface area (Å²) in [4.78, 5) is 24.0. The molecule has 144 valence electrons. The average Bonchev–Trinajstić information content (AvgIpc) is 2.67. The summed E-state index contributed by atoms with van der Waals surface area (Å²) in [7, 11) is 2.72. The fourth-order valence-electron chi connectivity index (χ4n) is 2.78. The van der Waals surface area contributed by atoms with Crippen LogP contribution in [0.15, 0.2) is 48.5 Å². The van der Waals surface area contributed by atoms with Gasteiger partial charge in [-0.05, 0) is 36.1 Å². The Morgan fingerprint density at radius 3 is 2.44 bits per heavy atom. The maximum atomic E-state index is 13.7. The van der Waals surface area contributed by atoms with Gasteiger partial charge < -0.3 is 14.8 Å². The minimum atomic E-state index is -0.456. The molecule has 0 aliphatic heterocycles. The topological polar surface area (TPSA) is 64.6 Å². The van der Waals surface area contributed by atoms with Crippen molar-refractivity contribution < 1.29 is 23.5 Å². The average molecular weight is 373 g/mol. The van der Waals surface area contributed by atoms with Crippen LogP contribution in [0.4, 0.5) is 4.39 Å². The van der Waals surface area contributed by atoms with E-state index in [9.17, 15) is 14.0 Å². The third-order valence-corrected chi connectivity index (χ3v) is 4.19. The van der Waals surface area contributed by atoms with Gasteiger partial charge in [0.05, 0.1) is 20.6 Å². The molecule has 1 atom stereocenters. The first-order valence-corrected chi connectivity index (χ1v) is 8.74. The van der Waals surface area contributed by atoms with E-state index in [0.717, 1.165) is 5.56 Å². The molecule has 1 amide bonds. The predicted molar refractivity (Wildman–Crippen MR) is 100.0 cm³/mol. The number of nitrogens with one attached hydrogen (secondary N) is 1. The van der Waals surface area contributed by atoms with Gasteiger partial charge in [-0.1, -0.05) is 36.4 Å². The number of carbonyl (C=O) groups is 2. The van der Waals surface area contributed by atoms with E-state index in [4.69, 9.17) is 9.47 Å². The van der Waals surface area contributed by atoms with Gasteiger partial charge >= 0.3 is 5.97 Å². The number of amides is 1. The number of ether oxygens (including phenoxy) is 2. The smallest absolute Gasteiger partial charge is 0.307 e. The predicted octanol–water partition coefficient (Wildman–Crippen LogP) is 3.06. The third kappa shape index (κ3) is 6.73. The molecule has 6 heteroatoms. The second kappa shape index (κ2) is 10.3. The highest BCUT2D eigenvalue weighted by atomic mass is 19.1. The Kier molecular flexibility index (Phi) is 7.79. The van der Waals surface area contributed by atoms with Gasteiger partial charge in [0.1, 0.15) is 0 Å². The third-order valence-electron chi connectivity index (χ3n) is 4.19. The number of methoxy groups -OCH3 is 2. The molecule has 0 saturated carbocycles. The van der Waals surface area contributed by atoms with Crippen molar-refractivity contribution in [1.29, 1.82) is 0 Å². The van der Waals surface area contributed by atoms with Crippen LogP contribution >= 0.6 is 0 Å². The lowest BCUT2D eigenvalue weighted by Crippen LogP contribution is -2.38. The molecular formula is C21H24FNO4. The van der Waals surface area contributed by atoms with Gasteiger partial charge in [0.15, 0.2) is 11.6 Å². The van der Waals surface area contributed by atoms with Crippen LogP contribution in [-0.2, 0) is 27.2 Å². The maximum Gasteiger partial charge on any atom is 0.307 e. The first-order chi connectivity index (χ1) is 13.0. The number of halogens is 1. The number of esters is 1. The number of rotatable bonds is 9. The van der Waals surface area contributed by atoms with Gasteiger partial charge in [0, 0.05) is 12.5 Å². The fraction of sp³-hybridized carbons (Fsp3) is 0.333. The monoisotopic (exact) mass is 373 g/mol. The van der Waals surface area contributed by atoms with Crippen molar-refractivity contribution in [3.63, 3.8) is 0 Å². The van der Waals surface area contributed by atoms with E-state index in [1.54, 1.807) is 6.07 Å². The van der Waals surface area contributed by atoms with Crippen molar-refractivity contribution in [2.45, 2.75) is 31.7 Å². The first-order valence-electron chi connectivity index (χ1n) is 8.74. The van der Waals surface area contributed by atoms with Crippen LogP contribution in [0.1, 0.15) is 24.0 Å². The van der Waals surface area contributed by atoms with E-state index < -0.39 is 5.82 Å².